The normalized spacial score (nSPS) is 27.9. The number of carbonyl (C=O) groups excluding carboxylic acids is 1. The summed E-state index contributed by atoms with van der Waals surface area (Å²) in [6.07, 6.45) is -3.49. The number of amides is 1. The fraction of sp³-hybridized carbons (Fsp3) is 0.529. The molecular weight excluding hydrogens is 367 g/mol. The van der Waals surface area contributed by atoms with E-state index in [9.17, 15) is 33.2 Å². The average molecular weight is 385 g/mol. The van der Waals surface area contributed by atoms with Crippen molar-refractivity contribution in [1.29, 1.82) is 0 Å². The number of halogens is 3. The number of non-ortho nitro benzene ring substituents is 1. The van der Waals surface area contributed by atoms with Crippen molar-refractivity contribution in [1.82, 2.24) is 5.01 Å². The highest BCUT2D eigenvalue weighted by molar-refractivity contribution is 5.99. The topological polar surface area (TPSA) is 96.0 Å². The van der Waals surface area contributed by atoms with Crippen molar-refractivity contribution < 1.29 is 28.0 Å². The van der Waals surface area contributed by atoms with Crippen LogP contribution in [0.3, 0.4) is 0 Å². The Morgan fingerprint density at radius 3 is 2.78 bits per heavy atom. The van der Waals surface area contributed by atoms with Gasteiger partial charge in [0, 0.05) is 23.4 Å². The van der Waals surface area contributed by atoms with Gasteiger partial charge in [-0.2, -0.15) is 23.3 Å². The van der Waals surface area contributed by atoms with E-state index in [2.05, 4.69) is 5.10 Å². The van der Waals surface area contributed by atoms with Crippen LogP contribution >= 0.6 is 0 Å². The van der Waals surface area contributed by atoms with Gasteiger partial charge in [0.05, 0.1) is 10.8 Å². The number of rotatable bonds is 3. The molecule has 1 aromatic rings. The Kier molecular flexibility index (Phi) is 4.71. The molecule has 0 saturated heterocycles. The van der Waals surface area contributed by atoms with Crippen LogP contribution in [0.1, 0.15) is 43.0 Å². The predicted molar refractivity (Wildman–Crippen MR) is 88.8 cm³/mol. The van der Waals surface area contributed by atoms with Crippen LogP contribution in [0.15, 0.2) is 29.4 Å². The molecular formula is C17H18F3N3O4. The van der Waals surface area contributed by atoms with Crippen LogP contribution in [0.4, 0.5) is 18.9 Å². The van der Waals surface area contributed by atoms with Crippen LogP contribution in [-0.2, 0) is 0 Å². The number of hydrogen-bond donors (Lipinski definition) is 1. The van der Waals surface area contributed by atoms with E-state index < -0.39 is 34.3 Å². The van der Waals surface area contributed by atoms with Crippen LogP contribution in [0.2, 0.25) is 0 Å². The summed E-state index contributed by atoms with van der Waals surface area (Å²) in [5, 5.41) is 25.4. The second-order valence-electron chi connectivity index (χ2n) is 6.84. The first-order valence-electron chi connectivity index (χ1n) is 8.55. The van der Waals surface area contributed by atoms with Gasteiger partial charge in [-0.05, 0) is 31.2 Å². The average Bonchev–Trinajstić information content (AvgIpc) is 2.94. The third kappa shape index (κ3) is 3.07. The highest BCUT2D eigenvalue weighted by Crippen LogP contribution is 2.50. The Bertz CT molecular complexity index is 811. The Morgan fingerprint density at radius 1 is 1.48 bits per heavy atom. The van der Waals surface area contributed by atoms with Crippen LogP contribution in [0.5, 0.6) is 0 Å². The molecule has 0 bridgehead atoms. The lowest BCUT2D eigenvalue weighted by Gasteiger charge is -2.39. The monoisotopic (exact) mass is 385 g/mol. The SMILES string of the molecule is CCC1CCC2=NN(C(=O)c3cccc([N+](=O)[O-])c3)C(O)(C(F)(F)F)C2C1. The number of carbonyl (C=O) groups is 1. The first-order valence-corrected chi connectivity index (χ1v) is 8.55. The van der Waals surface area contributed by atoms with Crippen molar-refractivity contribution in [2.45, 2.75) is 44.5 Å². The number of nitro groups is 1. The summed E-state index contributed by atoms with van der Waals surface area (Å²) in [5.41, 5.74) is -4.11. The molecule has 1 aromatic carbocycles. The van der Waals surface area contributed by atoms with Crippen molar-refractivity contribution in [3.63, 3.8) is 0 Å². The van der Waals surface area contributed by atoms with Gasteiger partial charge in [-0.15, -0.1) is 0 Å². The zero-order valence-electron chi connectivity index (χ0n) is 14.4. The molecule has 1 saturated carbocycles. The van der Waals surface area contributed by atoms with Crippen LogP contribution < -0.4 is 0 Å². The predicted octanol–water partition coefficient (Wildman–Crippen LogP) is 3.48. The molecule has 7 nitrogen and oxygen atoms in total. The lowest BCUT2D eigenvalue weighted by molar-refractivity contribution is -0.384. The minimum Gasteiger partial charge on any atom is -0.362 e. The molecule has 27 heavy (non-hydrogen) atoms. The summed E-state index contributed by atoms with van der Waals surface area (Å²) in [7, 11) is 0. The van der Waals surface area contributed by atoms with Crippen molar-refractivity contribution in [3.8, 4) is 0 Å². The number of fused-ring (bicyclic) bond motifs is 1. The Hall–Kier alpha value is -2.49. The summed E-state index contributed by atoms with van der Waals surface area (Å²) in [4.78, 5) is 22.8. The number of nitro benzene ring substituents is 1. The summed E-state index contributed by atoms with van der Waals surface area (Å²) < 4.78 is 41.6. The molecule has 10 heteroatoms. The highest BCUT2D eigenvalue weighted by Gasteiger charge is 2.68. The second kappa shape index (κ2) is 6.59. The largest absolute Gasteiger partial charge is 0.439 e. The van der Waals surface area contributed by atoms with Gasteiger partial charge in [0.1, 0.15) is 0 Å². The fourth-order valence-electron chi connectivity index (χ4n) is 3.75. The molecule has 0 radical (unpaired) electrons. The number of nitrogens with zero attached hydrogens (tertiary/aromatic N) is 3. The summed E-state index contributed by atoms with van der Waals surface area (Å²) in [6, 6.07) is 4.34. The standard InChI is InChI=1S/C17H18F3N3O4/c1-2-10-6-7-14-13(8-10)16(25,17(18,19)20)22(21-14)15(24)11-4-3-5-12(9-11)23(26)27/h3-5,9-10,13,25H,2,6-8H2,1H3. The lowest BCUT2D eigenvalue weighted by atomic mass is 9.74. The van der Waals surface area contributed by atoms with Crippen molar-refractivity contribution in [2.75, 3.05) is 0 Å². The van der Waals surface area contributed by atoms with Gasteiger partial charge in [-0.3, -0.25) is 14.9 Å². The van der Waals surface area contributed by atoms with Crippen molar-refractivity contribution in [3.05, 3.63) is 39.9 Å². The maximum atomic E-state index is 13.9. The van der Waals surface area contributed by atoms with E-state index in [1.54, 1.807) is 0 Å². The van der Waals surface area contributed by atoms with E-state index in [-0.39, 0.29) is 35.0 Å². The van der Waals surface area contributed by atoms with Crippen LogP contribution in [-0.4, -0.2) is 38.6 Å². The van der Waals surface area contributed by atoms with E-state index in [0.29, 0.717) is 12.8 Å². The molecule has 1 amide bonds. The van der Waals surface area contributed by atoms with Crippen molar-refractivity contribution in [2.24, 2.45) is 16.9 Å². The van der Waals surface area contributed by atoms with Gasteiger partial charge >= 0.3 is 6.18 Å². The molecule has 146 valence electrons. The summed E-state index contributed by atoms with van der Waals surface area (Å²) in [6.45, 7) is 1.86. The van der Waals surface area contributed by atoms with Crippen LogP contribution in [0.25, 0.3) is 0 Å². The maximum Gasteiger partial charge on any atom is 0.439 e. The fourth-order valence-corrected chi connectivity index (χ4v) is 3.75. The number of hydrogen-bond acceptors (Lipinski definition) is 5. The van der Waals surface area contributed by atoms with Crippen LogP contribution in [0, 0.1) is 22.0 Å². The highest BCUT2D eigenvalue weighted by atomic mass is 19.4. The lowest BCUT2D eigenvalue weighted by Crippen LogP contribution is -2.61. The molecule has 1 fully saturated rings. The Balaban J connectivity index is 2.03. The number of aliphatic hydroxyl groups is 1. The Morgan fingerprint density at radius 2 is 2.19 bits per heavy atom. The molecule has 2 aliphatic rings. The van der Waals surface area contributed by atoms with Gasteiger partial charge in [-0.25, -0.2) is 0 Å². The van der Waals surface area contributed by atoms with E-state index in [0.717, 1.165) is 18.2 Å². The van der Waals surface area contributed by atoms with Gasteiger partial charge < -0.3 is 5.11 Å². The first-order chi connectivity index (χ1) is 12.6. The van der Waals surface area contributed by atoms with Gasteiger partial charge in [-0.1, -0.05) is 19.4 Å². The van der Waals surface area contributed by atoms with Gasteiger partial charge in [0.25, 0.3) is 17.3 Å². The van der Waals surface area contributed by atoms with E-state index >= 15 is 0 Å². The number of benzene rings is 1. The van der Waals surface area contributed by atoms with Gasteiger partial charge in [0.15, 0.2) is 0 Å². The molecule has 0 spiro atoms. The molecule has 1 aliphatic heterocycles. The first kappa shape index (κ1) is 19.3. The minimum absolute atomic E-state index is 0.00399. The van der Waals surface area contributed by atoms with E-state index in [4.69, 9.17) is 0 Å². The molecule has 3 atom stereocenters. The van der Waals surface area contributed by atoms with Gasteiger partial charge in [0.2, 0.25) is 0 Å². The molecule has 3 unspecified atom stereocenters. The number of hydrazone groups is 1. The third-order valence-corrected chi connectivity index (χ3v) is 5.31. The quantitative estimate of drug-likeness (QED) is 0.636. The molecule has 1 aliphatic carbocycles. The second-order valence-corrected chi connectivity index (χ2v) is 6.84. The molecule has 1 N–H and O–H groups in total. The van der Waals surface area contributed by atoms with Crippen molar-refractivity contribution >= 4 is 17.3 Å². The zero-order chi connectivity index (χ0) is 20.0. The zero-order valence-corrected chi connectivity index (χ0v) is 14.4. The van der Waals surface area contributed by atoms with E-state index in [1.807, 2.05) is 6.92 Å². The molecule has 3 rings (SSSR count). The van der Waals surface area contributed by atoms with E-state index in [1.165, 1.54) is 6.07 Å². The third-order valence-electron chi connectivity index (χ3n) is 5.31. The maximum absolute atomic E-state index is 13.9. The Labute approximate surface area is 152 Å². The summed E-state index contributed by atoms with van der Waals surface area (Å²) >= 11 is 0. The number of alkyl halides is 3. The summed E-state index contributed by atoms with van der Waals surface area (Å²) in [5.74, 6) is -2.57. The minimum atomic E-state index is -5.13. The smallest absolute Gasteiger partial charge is 0.362 e. The molecule has 1 heterocycles. The molecule has 0 aromatic heterocycles.